The number of nitrogens with zero attached hydrogens (tertiary/aromatic N) is 3. The second kappa shape index (κ2) is 8.42. The first-order valence-electron chi connectivity index (χ1n) is 8.93. The average molecular weight is 404 g/mol. The summed E-state index contributed by atoms with van der Waals surface area (Å²) in [6.07, 6.45) is 3.52. The minimum atomic E-state index is -0.332. The second-order valence-corrected chi connectivity index (χ2v) is 7.77. The number of ether oxygens (including phenoxy) is 1. The van der Waals surface area contributed by atoms with Crippen LogP contribution in [-0.4, -0.2) is 33.2 Å². The van der Waals surface area contributed by atoms with Crippen LogP contribution in [0.15, 0.2) is 53.7 Å². The SMILES string of the molecule is Fc1ccccc1-n1c(SC[C@@H]2CCCCO2)nnc1-c1ccccc1Cl. The van der Waals surface area contributed by atoms with Gasteiger partial charge in [-0.3, -0.25) is 4.57 Å². The van der Waals surface area contributed by atoms with Crippen molar-refractivity contribution < 1.29 is 9.13 Å². The molecule has 0 spiro atoms. The summed E-state index contributed by atoms with van der Waals surface area (Å²) in [4.78, 5) is 0. The van der Waals surface area contributed by atoms with Crippen LogP contribution in [0.5, 0.6) is 0 Å². The van der Waals surface area contributed by atoms with E-state index in [9.17, 15) is 4.39 Å². The van der Waals surface area contributed by atoms with Gasteiger partial charge in [-0.25, -0.2) is 4.39 Å². The fourth-order valence-electron chi connectivity index (χ4n) is 3.14. The maximum atomic E-state index is 14.6. The number of hydrogen-bond donors (Lipinski definition) is 0. The van der Waals surface area contributed by atoms with E-state index in [1.54, 1.807) is 28.8 Å². The molecule has 0 saturated carbocycles. The van der Waals surface area contributed by atoms with Crippen molar-refractivity contribution in [2.24, 2.45) is 0 Å². The standard InChI is InChI=1S/C20H19ClFN3OS/c21-16-9-2-1-8-15(16)19-23-24-20(27-13-14-7-5-6-12-26-14)25(19)18-11-4-3-10-17(18)22/h1-4,8-11,14H,5-7,12-13H2/t14-/m0/s1. The van der Waals surface area contributed by atoms with Crippen LogP contribution < -0.4 is 0 Å². The summed E-state index contributed by atoms with van der Waals surface area (Å²) in [5.41, 5.74) is 1.13. The van der Waals surface area contributed by atoms with Crippen molar-refractivity contribution in [3.05, 3.63) is 59.4 Å². The van der Waals surface area contributed by atoms with Gasteiger partial charge in [-0.2, -0.15) is 0 Å². The summed E-state index contributed by atoms with van der Waals surface area (Å²) in [5, 5.41) is 9.84. The third-order valence-electron chi connectivity index (χ3n) is 4.51. The quantitative estimate of drug-likeness (QED) is 0.535. The van der Waals surface area contributed by atoms with Crippen LogP contribution in [0, 0.1) is 5.82 Å². The fourth-order valence-corrected chi connectivity index (χ4v) is 4.37. The van der Waals surface area contributed by atoms with Crippen LogP contribution in [0.1, 0.15) is 19.3 Å². The highest BCUT2D eigenvalue weighted by atomic mass is 35.5. The minimum Gasteiger partial charge on any atom is -0.377 e. The first kappa shape index (κ1) is 18.5. The lowest BCUT2D eigenvalue weighted by Gasteiger charge is -2.22. The summed E-state index contributed by atoms with van der Waals surface area (Å²) < 4.78 is 22.1. The molecule has 0 amide bonds. The molecule has 4 rings (SSSR count). The van der Waals surface area contributed by atoms with Crippen LogP contribution in [0.3, 0.4) is 0 Å². The lowest BCUT2D eigenvalue weighted by Crippen LogP contribution is -2.21. The molecule has 0 radical (unpaired) electrons. The van der Waals surface area contributed by atoms with Gasteiger partial charge in [-0.15, -0.1) is 10.2 Å². The van der Waals surface area contributed by atoms with Gasteiger partial charge >= 0.3 is 0 Å². The molecule has 7 heteroatoms. The first-order chi connectivity index (χ1) is 13.2. The van der Waals surface area contributed by atoms with Gasteiger partial charge in [0, 0.05) is 17.9 Å². The summed E-state index contributed by atoms with van der Waals surface area (Å²) in [6, 6.07) is 14.0. The summed E-state index contributed by atoms with van der Waals surface area (Å²) in [5.74, 6) is 0.953. The van der Waals surface area contributed by atoms with Crippen LogP contribution in [-0.2, 0) is 4.74 Å². The Kier molecular flexibility index (Phi) is 5.76. The first-order valence-corrected chi connectivity index (χ1v) is 10.3. The lowest BCUT2D eigenvalue weighted by molar-refractivity contribution is 0.0315. The van der Waals surface area contributed by atoms with Gasteiger partial charge in [0.1, 0.15) is 5.82 Å². The smallest absolute Gasteiger partial charge is 0.196 e. The fraction of sp³-hybridized carbons (Fsp3) is 0.300. The molecule has 4 nitrogen and oxygen atoms in total. The van der Waals surface area contributed by atoms with Crippen molar-refractivity contribution in [2.75, 3.05) is 12.4 Å². The van der Waals surface area contributed by atoms with E-state index < -0.39 is 0 Å². The van der Waals surface area contributed by atoms with E-state index in [-0.39, 0.29) is 11.9 Å². The Balaban J connectivity index is 1.73. The molecule has 0 aliphatic carbocycles. The average Bonchev–Trinajstić information content (AvgIpc) is 3.11. The van der Waals surface area contributed by atoms with Crippen LogP contribution in [0.4, 0.5) is 4.39 Å². The zero-order valence-corrected chi connectivity index (χ0v) is 16.2. The monoisotopic (exact) mass is 403 g/mol. The molecule has 3 aromatic rings. The van der Waals surface area contributed by atoms with Gasteiger partial charge in [-0.05, 0) is 43.5 Å². The normalized spacial score (nSPS) is 17.2. The Bertz CT molecular complexity index is 927. The topological polar surface area (TPSA) is 39.9 Å². The molecule has 140 valence electrons. The number of rotatable bonds is 5. The maximum absolute atomic E-state index is 14.6. The Morgan fingerprint density at radius 2 is 1.93 bits per heavy atom. The van der Waals surface area contributed by atoms with Crippen molar-refractivity contribution in [1.29, 1.82) is 0 Å². The predicted octanol–water partition coefficient (Wildman–Crippen LogP) is 5.39. The third-order valence-corrected chi connectivity index (χ3v) is 5.90. The molecule has 1 aromatic heterocycles. The molecular weight excluding hydrogens is 385 g/mol. The molecule has 1 fully saturated rings. The van der Waals surface area contributed by atoms with Gasteiger partial charge < -0.3 is 4.74 Å². The lowest BCUT2D eigenvalue weighted by atomic mass is 10.1. The highest BCUT2D eigenvalue weighted by Crippen LogP contribution is 2.33. The number of hydrogen-bond acceptors (Lipinski definition) is 4. The molecular formula is C20H19ClFN3OS. The molecule has 1 aliphatic heterocycles. The van der Waals surface area contributed by atoms with E-state index in [1.807, 2.05) is 18.2 Å². The summed E-state index contributed by atoms with van der Waals surface area (Å²) in [6.45, 7) is 0.802. The summed E-state index contributed by atoms with van der Waals surface area (Å²) in [7, 11) is 0. The number of benzene rings is 2. The Morgan fingerprint density at radius 3 is 2.70 bits per heavy atom. The molecule has 1 aliphatic rings. The second-order valence-electron chi connectivity index (χ2n) is 6.37. The largest absolute Gasteiger partial charge is 0.377 e. The molecule has 0 N–H and O–H groups in total. The van der Waals surface area contributed by atoms with Crippen LogP contribution >= 0.6 is 23.4 Å². The summed E-state index contributed by atoms with van der Waals surface area (Å²) >= 11 is 7.90. The number of aromatic nitrogens is 3. The van der Waals surface area contributed by atoms with Crippen LogP contribution in [0.2, 0.25) is 5.02 Å². The van der Waals surface area contributed by atoms with Gasteiger partial charge in [0.2, 0.25) is 0 Å². The zero-order valence-electron chi connectivity index (χ0n) is 14.6. The van der Waals surface area contributed by atoms with E-state index in [1.165, 1.54) is 24.2 Å². The van der Waals surface area contributed by atoms with E-state index in [0.29, 0.717) is 21.7 Å². The molecule has 27 heavy (non-hydrogen) atoms. The minimum absolute atomic E-state index is 0.193. The van der Waals surface area contributed by atoms with Gasteiger partial charge in [0.05, 0.1) is 16.8 Å². The van der Waals surface area contributed by atoms with Crippen LogP contribution in [0.25, 0.3) is 17.1 Å². The Hall–Kier alpha value is -1.89. The highest BCUT2D eigenvalue weighted by Gasteiger charge is 2.22. The van der Waals surface area contributed by atoms with E-state index in [0.717, 1.165) is 30.8 Å². The van der Waals surface area contributed by atoms with E-state index in [2.05, 4.69) is 10.2 Å². The van der Waals surface area contributed by atoms with Crippen molar-refractivity contribution in [3.63, 3.8) is 0 Å². The molecule has 0 unspecified atom stereocenters. The van der Waals surface area contributed by atoms with E-state index >= 15 is 0 Å². The van der Waals surface area contributed by atoms with Gasteiger partial charge in [0.15, 0.2) is 11.0 Å². The Labute approximate surface area is 166 Å². The van der Waals surface area contributed by atoms with E-state index in [4.69, 9.17) is 16.3 Å². The van der Waals surface area contributed by atoms with Crippen molar-refractivity contribution in [3.8, 4) is 17.1 Å². The number of halogens is 2. The van der Waals surface area contributed by atoms with Gasteiger partial charge in [-0.1, -0.05) is 47.6 Å². The molecule has 0 bridgehead atoms. The zero-order chi connectivity index (χ0) is 18.6. The van der Waals surface area contributed by atoms with Crippen molar-refractivity contribution >= 4 is 23.4 Å². The number of thioether (sulfide) groups is 1. The molecule has 1 atom stereocenters. The molecule has 2 heterocycles. The predicted molar refractivity (Wildman–Crippen MR) is 106 cm³/mol. The van der Waals surface area contributed by atoms with Crippen molar-refractivity contribution in [1.82, 2.24) is 14.8 Å². The molecule has 1 saturated heterocycles. The number of para-hydroxylation sites is 1. The Morgan fingerprint density at radius 1 is 1.11 bits per heavy atom. The third kappa shape index (κ3) is 4.03. The van der Waals surface area contributed by atoms with Gasteiger partial charge in [0.25, 0.3) is 0 Å². The molecule has 2 aromatic carbocycles. The maximum Gasteiger partial charge on any atom is 0.196 e. The van der Waals surface area contributed by atoms with Crippen molar-refractivity contribution in [2.45, 2.75) is 30.5 Å². The highest BCUT2D eigenvalue weighted by molar-refractivity contribution is 7.99.